The van der Waals surface area contributed by atoms with Crippen molar-refractivity contribution in [1.29, 1.82) is 0 Å². The van der Waals surface area contributed by atoms with Crippen LogP contribution in [0.2, 0.25) is 0 Å². The maximum atomic E-state index is 14.9. The molecule has 1 aromatic carbocycles. The quantitative estimate of drug-likeness (QED) is 0.210. The topological polar surface area (TPSA) is 104 Å². The molecule has 2 amide bonds. The Morgan fingerprint density at radius 3 is 2.41 bits per heavy atom. The second-order valence-electron chi connectivity index (χ2n) is 12.7. The highest BCUT2D eigenvalue weighted by Crippen LogP contribution is 2.43. The van der Waals surface area contributed by atoms with Crippen LogP contribution in [-0.4, -0.2) is 69.0 Å². The molecule has 2 aromatic heterocycles. The predicted octanol–water partition coefficient (Wildman–Crippen LogP) is 8.42. The highest BCUT2D eigenvalue weighted by Gasteiger charge is 2.57. The maximum Gasteiger partial charge on any atom is 0.418 e. The van der Waals surface area contributed by atoms with Crippen LogP contribution in [0.25, 0.3) is 4.85 Å². The summed E-state index contributed by atoms with van der Waals surface area (Å²) in [6.45, 7) is 12.5. The van der Waals surface area contributed by atoms with Crippen LogP contribution in [0.15, 0.2) is 54.0 Å². The summed E-state index contributed by atoms with van der Waals surface area (Å²) in [7, 11) is 0. The minimum absolute atomic E-state index is 0. The number of carbonyl (C=O) groups excluding carboxylic acids is 2. The van der Waals surface area contributed by atoms with Gasteiger partial charge in [-0.15, -0.1) is 11.3 Å². The molecular formula is C38H47F3N4O5S. The molecule has 2 saturated heterocycles. The van der Waals surface area contributed by atoms with Gasteiger partial charge in [0.05, 0.1) is 11.6 Å². The third kappa shape index (κ3) is 8.38. The van der Waals surface area contributed by atoms with Crippen molar-refractivity contribution in [2.24, 2.45) is 0 Å². The molecule has 1 N–H and O–H groups in total. The molecule has 4 heterocycles. The van der Waals surface area contributed by atoms with Crippen LogP contribution in [0.3, 0.4) is 0 Å². The summed E-state index contributed by atoms with van der Waals surface area (Å²) in [4.78, 5) is 52.1. The second-order valence-corrected chi connectivity index (χ2v) is 13.8. The van der Waals surface area contributed by atoms with Gasteiger partial charge in [-0.1, -0.05) is 52.5 Å². The Morgan fingerprint density at radius 1 is 1.10 bits per heavy atom. The third-order valence-corrected chi connectivity index (χ3v) is 10.4. The maximum absolute atomic E-state index is 14.9. The summed E-state index contributed by atoms with van der Waals surface area (Å²) in [5.41, 5.74) is -2.87. The largest absolute Gasteiger partial charge is 0.481 e. The zero-order valence-electron chi connectivity index (χ0n) is 27.5. The average molecular weight is 729 g/mol. The van der Waals surface area contributed by atoms with Gasteiger partial charge in [-0.05, 0) is 49.9 Å². The lowest BCUT2D eigenvalue weighted by Gasteiger charge is -2.50. The van der Waals surface area contributed by atoms with Gasteiger partial charge in [0.15, 0.2) is 0 Å². The van der Waals surface area contributed by atoms with Gasteiger partial charge in [0.1, 0.15) is 11.4 Å². The number of thiophene rings is 1. The first-order valence-corrected chi connectivity index (χ1v) is 17.3. The number of aliphatic carboxylic acids is 1. The number of aromatic nitrogens is 1. The number of alkyl halides is 3. The summed E-state index contributed by atoms with van der Waals surface area (Å²) in [6.07, 6.45) is -1.48. The lowest BCUT2D eigenvalue weighted by atomic mass is 9.76. The number of halogens is 3. The number of amides is 2. The zero-order valence-corrected chi connectivity index (χ0v) is 28.3. The normalized spacial score (nSPS) is 20.0. The highest BCUT2D eigenvalue weighted by molar-refractivity contribution is 7.10. The summed E-state index contributed by atoms with van der Waals surface area (Å²) < 4.78 is 48.7. The molecule has 2 aliphatic rings. The fourth-order valence-electron chi connectivity index (χ4n) is 7.25. The van der Waals surface area contributed by atoms with Crippen LogP contribution in [0.5, 0.6) is 5.75 Å². The van der Waals surface area contributed by atoms with E-state index in [4.69, 9.17) is 11.3 Å². The predicted molar refractivity (Wildman–Crippen MR) is 191 cm³/mol. The zero-order chi connectivity index (χ0) is 35.4. The standard InChI is InChI=1S/C36H39F3N4O5S.2CH4/c1-4-9-29-35(48-26-22-24(2)49-23-26,15-8-19-43(29)32(46)31-28(36(37,38)39)12-7-18-41-31)33(47)42-20-16-34(40-3,17-21-42)27-11-6-5-10-25(27)13-14-30(44)45;;/h5-7,10-12,18,22-23,29H,4,8-9,13-17,19-21H2,1-2H3,(H,44,45);2*1H4/t29-,35+;;/m1../s1. The van der Waals surface area contributed by atoms with Crippen molar-refractivity contribution < 1.29 is 37.4 Å². The van der Waals surface area contributed by atoms with E-state index in [1.807, 2.05) is 38.1 Å². The molecule has 0 aliphatic carbocycles. The molecule has 2 aliphatic heterocycles. The lowest BCUT2D eigenvalue weighted by Crippen LogP contribution is -2.68. The molecule has 13 heteroatoms. The van der Waals surface area contributed by atoms with Crippen LogP contribution in [0.4, 0.5) is 13.2 Å². The molecular weight excluding hydrogens is 682 g/mol. The molecule has 3 aromatic rings. The number of ether oxygens (including phenoxy) is 1. The van der Waals surface area contributed by atoms with Crippen LogP contribution < -0.4 is 4.74 Å². The van der Waals surface area contributed by atoms with Crippen molar-refractivity contribution in [2.75, 3.05) is 19.6 Å². The van der Waals surface area contributed by atoms with E-state index in [0.717, 1.165) is 34.3 Å². The van der Waals surface area contributed by atoms with E-state index in [-0.39, 0.29) is 59.7 Å². The van der Waals surface area contributed by atoms with E-state index in [0.29, 0.717) is 37.9 Å². The fourth-order valence-corrected chi connectivity index (χ4v) is 7.85. The molecule has 0 bridgehead atoms. The number of likely N-dealkylation sites (tertiary alicyclic amines) is 2. The molecule has 5 rings (SSSR count). The summed E-state index contributed by atoms with van der Waals surface area (Å²) in [6, 6.07) is 10.2. The van der Waals surface area contributed by atoms with Crippen LogP contribution in [-0.2, 0) is 27.7 Å². The number of nitrogens with zero attached hydrogens (tertiary/aromatic N) is 4. The average Bonchev–Trinajstić information content (AvgIpc) is 3.51. The number of carboxylic acid groups (broad SMARTS) is 1. The fraction of sp³-hybridized carbons (Fsp3) is 0.500. The smallest absolute Gasteiger partial charge is 0.418 e. The Bertz CT molecular complexity index is 1730. The molecule has 0 spiro atoms. The van der Waals surface area contributed by atoms with Crippen molar-refractivity contribution in [3.63, 3.8) is 0 Å². The lowest BCUT2D eigenvalue weighted by molar-refractivity contribution is -0.160. The Labute approximate surface area is 302 Å². The minimum atomic E-state index is -4.80. The van der Waals surface area contributed by atoms with Crippen LogP contribution in [0, 0.1) is 13.5 Å². The van der Waals surface area contributed by atoms with Gasteiger partial charge < -0.3 is 24.5 Å². The molecule has 0 unspecified atom stereocenters. The number of hydrogen-bond acceptors (Lipinski definition) is 6. The van der Waals surface area contributed by atoms with Gasteiger partial charge >= 0.3 is 12.1 Å². The minimum Gasteiger partial charge on any atom is -0.481 e. The second kappa shape index (κ2) is 16.7. The van der Waals surface area contributed by atoms with Gasteiger partial charge in [0.25, 0.3) is 17.4 Å². The summed E-state index contributed by atoms with van der Waals surface area (Å²) in [5.74, 6) is -1.77. The Morgan fingerprint density at radius 2 is 1.80 bits per heavy atom. The first-order valence-electron chi connectivity index (χ1n) is 16.4. The van der Waals surface area contributed by atoms with Crippen LogP contribution in [0.1, 0.15) is 98.8 Å². The van der Waals surface area contributed by atoms with E-state index in [1.165, 1.54) is 16.2 Å². The van der Waals surface area contributed by atoms with E-state index < -0.39 is 46.5 Å². The molecule has 51 heavy (non-hydrogen) atoms. The molecule has 0 radical (unpaired) electrons. The van der Waals surface area contributed by atoms with E-state index >= 15 is 0 Å². The molecule has 2 atom stereocenters. The van der Waals surface area contributed by atoms with Gasteiger partial charge in [-0.25, -0.2) is 6.57 Å². The molecule has 9 nitrogen and oxygen atoms in total. The number of benzene rings is 1. The molecule has 2 fully saturated rings. The first kappa shape index (κ1) is 41.0. The molecule has 0 saturated carbocycles. The number of rotatable bonds is 10. The van der Waals surface area contributed by atoms with Crippen LogP contribution >= 0.6 is 11.3 Å². The number of hydrogen-bond donors (Lipinski definition) is 1. The van der Waals surface area contributed by atoms with Gasteiger partial charge in [0, 0.05) is 67.3 Å². The van der Waals surface area contributed by atoms with Crippen molar-refractivity contribution in [3.8, 4) is 5.75 Å². The first-order chi connectivity index (χ1) is 23.3. The highest BCUT2D eigenvalue weighted by atomic mass is 32.1. The number of carbonyl (C=O) groups is 3. The number of aryl methyl sites for hydroxylation is 2. The van der Waals surface area contributed by atoms with E-state index in [9.17, 15) is 32.7 Å². The Kier molecular flexibility index (Phi) is 13.4. The van der Waals surface area contributed by atoms with Crippen molar-refractivity contribution >= 4 is 29.1 Å². The van der Waals surface area contributed by atoms with Crippen molar-refractivity contribution in [1.82, 2.24) is 14.8 Å². The third-order valence-electron chi connectivity index (χ3n) is 9.59. The van der Waals surface area contributed by atoms with Crippen molar-refractivity contribution in [3.05, 3.63) is 92.7 Å². The van der Waals surface area contributed by atoms with Gasteiger partial charge in [0.2, 0.25) is 5.60 Å². The molecule has 276 valence electrons. The Balaban J connectivity index is 0.00000351. The number of piperidine rings is 2. The SMILES string of the molecule is C.C.[C-]#[N+]C1(c2ccccc2CCC(=O)O)CCN(C(=O)[C@]2(Oc3csc(C)c3)CCCN(C(=O)c3ncccc3C(F)(F)F)[C@@H]2CCC)CC1. The number of carboxylic acids is 1. The Hall–Kier alpha value is -4.44. The van der Waals surface area contributed by atoms with Crippen molar-refractivity contribution in [2.45, 2.75) is 103 Å². The van der Waals surface area contributed by atoms with Gasteiger partial charge in [-0.3, -0.25) is 19.4 Å². The van der Waals surface area contributed by atoms with Gasteiger partial charge in [-0.2, -0.15) is 13.2 Å². The summed E-state index contributed by atoms with van der Waals surface area (Å²) >= 11 is 1.43. The number of pyridine rings is 1. The summed E-state index contributed by atoms with van der Waals surface area (Å²) in [5, 5.41) is 11.1. The monoisotopic (exact) mass is 728 g/mol. The van der Waals surface area contributed by atoms with E-state index in [2.05, 4.69) is 9.83 Å². The van der Waals surface area contributed by atoms with E-state index in [1.54, 1.807) is 16.3 Å².